The zero-order valence-electron chi connectivity index (χ0n) is 23.7. The molecule has 4 saturated carbocycles. The molecular weight excluding hydrogens is 520 g/mol. The predicted octanol–water partition coefficient (Wildman–Crippen LogP) is 1.40. The van der Waals surface area contributed by atoms with Gasteiger partial charge in [0.2, 0.25) is 0 Å². The maximum absolute atomic E-state index is 13.0. The molecule has 10 nitrogen and oxygen atoms in total. The molecule has 0 spiro atoms. The smallest absolute Gasteiger partial charge is 0.331 e. The van der Waals surface area contributed by atoms with Crippen molar-refractivity contribution >= 4 is 12.3 Å². The lowest BCUT2D eigenvalue weighted by Crippen LogP contribution is -2.69. The second-order valence-electron chi connectivity index (χ2n) is 13.7. The number of aliphatic hydroxyl groups is 4. The number of aliphatic hydroxyl groups excluding tert-OH is 2. The Bertz CT molecular complexity index is 1060. The normalized spacial score (nSPS) is 54.1. The highest BCUT2D eigenvalue weighted by Crippen LogP contribution is 2.70. The van der Waals surface area contributed by atoms with Crippen molar-refractivity contribution in [2.24, 2.45) is 28.6 Å². The third-order valence-electron chi connectivity index (χ3n) is 12.1. The number of aldehydes is 1. The molecule has 0 aromatic carbocycles. The lowest BCUT2D eigenvalue weighted by Gasteiger charge is -2.65. The SMILES string of the molecule is CO[C@@H]1C[C@@H](O[C@H]2CC[C@]3(C=O)[C@H]4CC[C@]5(C)[C@@H](C6=CC(=O)OC6)[C@@H](O)C[C@]5(O)[C@@H]4CC[C@]3(O)C2)O[C@H](C)[C@@H]1O. The molecule has 10 heteroatoms. The van der Waals surface area contributed by atoms with Gasteiger partial charge in [0.1, 0.15) is 19.0 Å². The summed E-state index contributed by atoms with van der Waals surface area (Å²) in [6.45, 7) is 3.91. The molecule has 0 bridgehead atoms. The second-order valence-corrected chi connectivity index (χ2v) is 13.7. The van der Waals surface area contributed by atoms with Crippen molar-refractivity contribution in [3.05, 3.63) is 11.6 Å². The quantitative estimate of drug-likeness (QED) is 0.219. The van der Waals surface area contributed by atoms with Gasteiger partial charge < -0.3 is 44.2 Å². The van der Waals surface area contributed by atoms with Gasteiger partial charge in [0.25, 0.3) is 0 Å². The monoisotopic (exact) mass is 564 g/mol. The van der Waals surface area contributed by atoms with Crippen molar-refractivity contribution in [1.29, 1.82) is 0 Å². The van der Waals surface area contributed by atoms with E-state index in [1.165, 1.54) is 6.08 Å². The number of carbonyl (C=O) groups excluding carboxylic acids is 2. The standard InChI is InChI=1S/C30H44O10/c1-16-26(34)22(37-3)11-24(39-16)40-18-4-8-28(15-31)19-5-7-27(2)25(17-10-23(33)38-14-17)21(32)13-30(27,36)20(19)6-9-29(28,35)12-18/h10,15-16,18-22,24-26,32,34-36H,4-9,11-14H2,1-3H3/t16-,18+,19+,20-,21+,22-,24-,25+,26+,27-,28+,29+,30+/m1/s1. The molecule has 4 N–H and O–H groups in total. The molecule has 2 heterocycles. The van der Waals surface area contributed by atoms with Crippen LogP contribution in [0.25, 0.3) is 0 Å². The summed E-state index contributed by atoms with van der Waals surface area (Å²) >= 11 is 0. The summed E-state index contributed by atoms with van der Waals surface area (Å²) in [4.78, 5) is 24.9. The summed E-state index contributed by atoms with van der Waals surface area (Å²) in [6.07, 6.45) is 2.99. The van der Waals surface area contributed by atoms with Crippen LogP contribution in [0.2, 0.25) is 0 Å². The molecule has 6 aliphatic rings. The van der Waals surface area contributed by atoms with E-state index in [0.29, 0.717) is 44.9 Å². The van der Waals surface area contributed by atoms with Crippen molar-refractivity contribution in [1.82, 2.24) is 0 Å². The molecule has 13 atom stereocenters. The Kier molecular flexibility index (Phi) is 7.05. The number of methoxy groups -OCH3 is 1. The van der Waals surface area contributed by atoms with E-state index in [0.717, 1.165) is 11.9 Å². The second kappa shape index (κ2) is 9.82. The maximum atomic E-state index is 13.0. The van der Waals surface area contributed by atoms with Crippen molar-refractivity contribution in [2.45, 2.75) is 120 Å². The van der Waals surface area contributed by atoms with Gasteiger partial charge in [-0.15, -0.1) is 0 Å². The fraction of sp³-hybridized carbons (Fsp3) is 0.867. The highest BCUT2D eigenvalue weighted by molar-refractivity contribution is 5.85. The summed E-state index contributed by atoms with van der Waals surface area (Å²) in [6, 6.07) is 0. The van der Waals surface area contributed by atoms with Crippen LogP contribution < -0.4 is 0 Å². The molecule has 1 saturated heterocycles. The van der Waals surface area contributed by atoms with Crippen LogP contribution in [0.15, 0.2) is 11.6 Å². The fourth-order valence-corrected chi connectivity index (χ4v) is 10.1. The molecule has 0 aromatic rings. The first kappa shape index (κ1) is 28.7. The number of ether oxygens (including phenoxy) is 4. The average Bonchev–Trinajstić information content (AvgIpc) is 3.41. The summed E-state index contributed by atoms with van der Waals surface area (Å²) in [5.41, 5.74) is -3.49. The zero-order valence-corrected chi connectivity index (χ0v) is 23.7. The van der Waals surface area contributed by atoms with E-state index < -0.39 is 64.6 Å². The number of carbonyl (C=O) groups is 2. The first-order valence-electron chi connectivity index (χ1n) is 14.9. The molecule has 5 fully saturated rings. The van der Waals surface area contributed by atoms with E-state index >= 15 is 0 Å². The van der Waals surface area contributed by atoms with Gasteiger partial charge in [0.05, 0.1) is 41.0 Å². The van der Waals surface area contributed by atoms with Crippen molar-refractivity contribution in [3.8, 4) is 0 Å². The molecule has 0 unspecified atom stereocenters. The Labute approximate surface area is 235 Å². The van der Waals surface area contributed by atoms with Crippen LogP contribution in [0.5, 0.6) is 0 Å². The van der Waals surface area contributed by atoms with E-state index in [9.17, 15) is 30.0 Å². The van der Waals surface area contributed by atoms with Crippen LogP contribution in [-0.2, 0) is 28.5 Å². The molecular formula is C30H44O10. The summed E-state index contributed by atoms with van der Waals surface area (Å²) in [5.74, 6) is -1.31. The molecule has 0 radical (unpaired) electrons. The molecule has 2 aliphatic heterocycles. The third kappa shape index (κ3) is 3.93. The first-order valence-corrected chi connectivity index (χ1v) is 14.9. The topological polar surface area (TPSA) is 152 Å². The first-order chi connectivity index (χ1) is 18.9. The largest absolute Gasteiger partial charge is 0.458 e. The maximum Gasteiger partial charge on any atom is 0.331 e. The number of rotatable bonds is 5. The van der Waals surface area contributed by atoms with Crippen LogP contribution in [0.4, 0.5) is 0 Å². The number of hydrogen-bond acceptors (Lipinski definition) is 10. The van der Waals surface area contributed by atoms with E-state index in [4.69, 9.17) is 18.9 Å². The van der Waals surface area contributed by atoms with Crippen LogP contribution >= 0.6 is 0 Å². The van der Waals surface area contributed by atoms with Gasteiger partial charge in [0.15, 0.2) is 6.29 Å². The number of esters is 1. The molecule has 40 heavy (non-hydrogen) atoms. The highest BCUT2D eigenvalue weighted by atomic mass is 16.7. The Morgan fingerprint density at radius 1 is 1.07 bits per heavy atom. The van der Waals surface area contributed by atoms with Crippen LogP contribution in [0.1, 0.15) is 71.6 Å². The minimum absolute atomic E-state index is 0.132. The zero-order chi connectivity index (χ0) is 28.7. The summed E-state index contributed by atoms with van der Waals surface area (Å²) in [5, 5.41) is 46.1. The lowest BCUT2D eigenvalue weighted by molar-refractivity contribution is -0.287. The van der Waals surface area contributed by atoms with Gasteiger partial charge >= 0.3 is 5.97 Å². The van der Waals surface area contributed by atoms with E-state index in [1.54, 1.807) is 14.0 Å². The van der Waals surface area contributed by atoms with Gasteiger partial charge in [0, 0.05) is 43.8 Å². The Morgan fingerprint density at radius 3 is 2.50 bits per heavy atom. The van der Waals surface area contributed by atoms with Gasteiger partial charge in [-0.2, -0.15) is 0 Å². The highest BCUT2D eigenvalue weighted by Gasteiger charge is 2.73. The number of cyclic esters (lactones) is 1. The number of hydrogen-bond donors (Lipinski definition) is 4. The minimum atomic E-state index is -1.28. The molecule has 4 aliphatic carbocycles. The Hall–Kier alpha value is -1.40. The third-order valence-corrected chi connectivity index (χ3v) is 12.1. The van der Waals surface area contributed by atoms with Crippen LogP contribution in [0.3, 0.4) is 0 Å². The Morgan fingerprint density at radius 2 is 1.82 bits per heavy atom. The molecule has 0 aromatic heterocycles. The molecule has 0 amide bonds. The average molecular weight is 565 g/mol. The predicted molar refractivity (Wildman–Crippen MR) is 140 cm³/mol. The fourth-order valence-electron chi connectivity index (χ4n) is 10.1. The van der Waals surface area contributed by atoms with Gasteiger partial charge in [-0.3, -0.25) is 0 Å². The van der Waals surface area contributed by atoms with Crippen LogP contribution in [0, 0.1) is 28.6 Å². The molecule has 6 rings (SSSR count). The van der Waals surface area contributed by atoms with Gasteiger partial charge in [-0.25, -0.2) is 4.79 Å². The molecule has 224 valence electrons. The minimum Gasteiger partial charge on any atom is -0.458 e. The van der Waals surface area contributed by atoms with E-state index in [-0.39, 0.29) is 37.4 Å². The van der Waals surface area contributed by atoms with Crippen molar-refractivity contribution in [2.75, 3.05) is 13.7 Å². The summed E-state index contributed by atoms with van der Waals surface area (Å²) < 4.78 is 22.8. The van der Waals surface area contributed by atoms with Crippen LogP contribution in [-0.4, -0.2) is 94.4 Å². The Balaban J connectivity index is 1.23. The summed E-state index contributed by atoms with van der Waals surface area (Å²) in [7, 11) is 1.55. The van der Waals surface area contributed by atoms with Gasteiger partial charge in [-0.05, 0) is 62.9 Å². The number of fused-ring (bicyclic) bond motifs is 5. The lowest BCUT2D eigenvalue weighted by atomic mass is 9.41. The van der Waals surface area contributed by atoms with Gasteiger partial charge in [-0.1, -0.05) is 6.92 Å². The van der Waals surface area contributed by atoms with Crippen molar-refractivity contribution < 1.29 is 49.0 Å². The van der Waals surface area contributed by atoms with E-state index in [1.807, 2.05) is 6.92 Å². The van der Waals surface area contributed by atoms with E-state index in [2.05, 4.69) is 0 Å². The van der Waals surface area contributed by atoms with Crippen molar-refractivity contribution in [3.63, 3.8) is 0 Å².